The predicted molar refractivity (Wildman–Crippen MR) is 266 cm³/mol. The quantitative estimate of drug-likeness (QED) is 0.0740. The molecule has 0 atom stereocenters. The van der Waals surface area contributed by atoms with E-state index in [4.69, 9.17) is 4.74 Å². The summed E-state index contributed by atoms with van der Waals surface area (Å²) >= 11 is 0. The van der Waals surface area contributed by atoms with Gasteiger partial charge in [-0.05, 0) is 117 Å². The van der Waals surface area contributed by atoms with E-state index in [1.54, 1.807) is 11.8 Å². The minimum Gasteiger partial charge on any atom is -0.748 e. The molecular weight excluding hydrogens is 873 g/mol. The maximum absolute atomic E-state index is 13.1. The number of nitrogens with one attached hydrogen (secondary N) is 2. The van der Waals surface area contributed by atoms with Crippen molar-refractivity contribution in [3.05, 3.63) is 131 Å². The van der Waals surface area contributed by atoms with Gasteiger partial charge in [-0.15, -0.1) is 0 Å². The van der Waals surface area contributed by atoms with Crippen molar-refractivity contribution >= 4 is 65.0 Å². The van der Waals surface area contributed by atoms with Crippen molar-refractivity contribution < 1.29 is 44.9 Å². The summed E-state index contributed by atoms with van der Waals surface area (Å²) in [4.78, 5) is 16.9. The van der Waals surface area contributed by atoms with Gasteiger partial charge < -0.3 is 19.1 Å². The highest BCUT2D eigenvalue weighted by Crippen LogP contribution is 2.51. The highest BCUT2D eigenvalue weighted by molar-refractivity contribution is 7.85. The Hall–Kier alpha value is -5.12. The van der Waals surface area contributed by atoms with Crippen LogP contribution in [0.2, 0.25) is 0 Å². The molecule has 4 aromatic carbocycles. The molecule has 2 heterocycles. The topological polar surface area (TPSA) is 161 Å². The van der Waals surface area contributed by atoms with Crippen molar-refractivity contribution in [3.63, 3.8) is 0 Å². The monoisotopic (exact) mass is 939 g/mol. The summed E-state index contributed by atoms with van der Waals surface area (Å²) in [5, 5.41) is 7.41. The number of carbonyl (C=O) groups excluding carboxylic acids is 1. The molecule has 0 unspecified atom stereocenters. The number of rotatable bonds is 16. The van der Waals surface area contributed by atoms with Crippen molar-refractivity contribution in [1.29, 1.82) is 0 Å². The average Bonchev–Trinajstić information content (AvgIpc) is 3.82. The molecule has 14 heteroatoms. The van der Waals surface area contributed by atoms with Gasteiger partial charge in [-0.1, -0.05) is 80.6 Å². The van der Waals surface area contributed by atoms with E-state index in [2.05, 4.69) is 118 Å². The van der Waals surface area contributed by atoms with Crippen LogP contribution in [-0.2, 0) is 35.8 Å². The maximum atomic E-state index is 13.1. The lowest BCUT2D eigenvalue weighted by Gasteiger charge is -2.27. The Morgan fingerprint density at radius 3 is 2.02 bits per heavy atom. The number of alkyl carbamates (subject to hydrolysis) is 1. The van der Waals surface area contributed by atoms with Crippen molar-refractivity contribution in [3.8, 4) is 0 Å². The first-order valence-electron chi connectivity index (χ1n) is 23.2. The summed E-state index contributed by atoms with van der Waals surface area (Å²) in [6.07, 6.45) is 9.19. The van der Waals surface area contributed by atoms with Gasteiger partial charge >= 0.3 is 6.09 Å². The van der Waals surface area contributed by atoms with Gasteiger partial charge in [-0.3, -0.25) is 9.87 Å². The number of hydrogen-bond donors (Lipinski definition) is 3. The molecule has 66 heavy (non-hydrogen) atoms. The van der Waals surface area contributed by atoms with E-state index in [0.717, 1.165) is 66.6 Å². The maximum Gasteiger partial charge on any atom is 0.411 e. The normalized spacial score (nSPS) is 18.0. The van der Waals surface area contributed by atoms with Crippen LogP contribution in [0.5, 0.6) is 0 Å². The number of benzene rings is 4. The van der Waals surface area contributed by atoms with Gasteiger partial charge in [0.2, 0.25) is 5.69 Å². The van der Waals surface area contributed by atoms with Gasteiger partial charge in [-0.2, -0.15) is 13.0 Å². The van der Waals surface area contributed by atoms with E-state index < -0.39 is 42.9 Å². The number of amides is 1. The minimum absolute atomic E-state index is 0.161. The number of fused-ring (bicyclic) bond motifs is 6. The molecule has 1 aliphatic carbocycles. The van der Waals surface area contributed by atoms with Crippen LogP contribution < -0.4 is 15.1 Å². The molecule has 1 amide bonds. The molecule has 7 rings (SSSR count). The fourth-order valence-corrected chi connectivity index (χ4v) is 10.9. The van der Waals surface area contributed by atoms with Crippen LogP contribution >= 0.6 is 0 Å². The number of allylic oxidation sites excluding steroid dienone is 7. The molecule has 0 aromatic heterocycles. The molecule has 4 aromatic rings. The van der Waals surface area contributed by atoms with Crippen LogP contribution in [-0.4, -0.2) is 93.2 Å². The minimum atomic E-state index is -4.40. The number of anilines is 1. The Morgan fingerprint density at radius 1 is 0.803 bits per heavy atom. The van der Waals surface area contributed by atoms with E-state index in [1.807, 2.05) is 42.5 Å². The van der Waals surface area contributed by atoms with E-state index in [0.29, 0.717) is 31.6 Å². The van der Waals surface area contributed by atoms with E-state index in [-0.39, 0.29) is 25.2 Å². The highest BCUT2D eigenvalue weighted by Gasteiger charge is 2.46. The van der Waals surface area contributed by atoms with Crippen molar-refractivity contribution in [1.82, 2.24) is 5.32 Å². The molecule has 0 fully saturated rings. The van der Waals surface area contributed by atoms with E-state index >= 15 is 0 Å². The lowest BCUT2D eigenvalue weighted by molar-refractivity contribution is -0.894. The zero-order valence-electron chi connectivity index (χ0n) is 39.7. The zero-order valence-corrected chi connectivity index (χ0v) is 41.4. The molecule has 12 nitrogen and oxygen atoms in total. The SMILES string of the molecule is CCOC(=O)NC1=C(/C=C/C2=[N+](CCCS(=O)(=O)[O-])c3ccc4ccccc4c3C2(C)C)CC/C1=C\C=C1\N(CCCS(=O)(=O)O)c2ccc3ccccc3c2C1(C)C.CC[NH+](CC)CC. The molecule has 0 saturated carbocycles. The largest absolute Gasteiger partial charge is 0.748 e. The fourth-order valence-electron chi connectivity index (χ4n) is 9.95. The average molecular weight is 940 g/mol. The summed E-state index contributed by atoms with van der Waals surface area (Å²) in [7, 11) is -8.55. The molecule has 0 bridgehead atoms. The molecule has 0 spiro atoms. The second kappa shape index (κ2) is 20.8. The van der Waals surface area contributed by atoms with Gasteiger partial charge in [0.25, 0.3) is 10.1 Å². The van der Waals surface area contributed by atoms with Gasteiger partial charge in [0.15, 0.2) is 5.71 Å². The molecule has 2 aliphatic heterocycles. The Morgan fingerprint density at radius 2 is 1.42 bits per heavy atom. The third-order valence-corrected chi connectivity index (χ3v) is 14.9. The van der Waals surface area contributed by atoms with Gasteiger partial charge in [0.05, 0.1) is 53.2 Å². The number of quaternary nitrogens is 1. The number of carbonyl (C=O) groups is 1. The predicted octanol–water partition coefficient (Wildman–Crippen LogP) is 8.47. The summed E-state index contributed by atoms with van der Waals surface area (Å²) in [6, 6.07) is 24.6. The lowest BCUT2D eigenvalue weighted by atomic mass is 9.79. The number of nitrogens with zero attached hydrogens (tertiary/aromatic N) is 2. The van der Waals surface area contributed by atoms with E-state index in [1.165, 1.54) is 19.6 Å². The summed E-state index contributed by atoms with van der Waals surface area (Å²) in [5.74, 6) is -0.831. The highest BCUT2D eigenvalue weighted by atomic mass is 32.2. The van der Waals surface area contributed by atoms with Crippen molar-refractivity contribution in [2.24, 2.45) is 0 Å². The second-order valence-corrected chi connectivity index (χ2v) is 21.3. The van der Waals surface area contributed by atoms with Crippen molar-refractivity contribution in [2.45, 2.75) is 91.9 Å². The third-order valence-electron chi connectivity index (χ3n) is 13.3. The molecular formula is C52H67N4O8S2+. The fraction of sp³-hybridized carbons (Fsp3) is 0.423. The molecule has 0 saturated heterocycles. The third kappa shape index (κ3) is 11.2. The van der Waals surface area contributed by atoms with Gasteiger partial charge in [0, 0.05) is 53.2 Å². The van der Waals surface area contributed by atoms with Crippen LogP contribution in [0.4, 0.5) is 16.2 Å². The number of hydrogen-bond acceptors (Lipinski definition) is 8. The van der Waals surface area contributed by atoms with Gasteiger partial charge in [-0.25, -0.2) is 13.2 Å². The van der Waals surface area contributed by atoms with Gasteiger partial charge in [0.1, 0.15) is 6.54 Å². The Bertz CT molecular complexity index is 2850. The Labute approximate surface area is 391 Å². The van der Waals surface area contributed by atoms with Crippen molar-refractivity contribution in [2.75, 3.05) is 55.7 Å². The summed E-state index contributed by atoms with van der Waals surface area (Å²) in [6.45, 7) is 21.7. The summed E-state index contributed by atoms with van der Waals surface area (Å²) in [5.41, 5.74) is 7.52. The van der Waals surface area contributed by atoms with E-state index in [9.17, 15) is 30.7 Å². The number of ether oxygens (including phenoxy) is 1. The first-order chi connectivity index (χ1) is 31.2. The molecule has 3 N–H and O–H groups in total. The van der Waals surface area contributed by atoms with Crippen LogP contribution in [0.1, 0.15) is 92.2 Å². The first kappa shape index (κ1) is 50.3. The standard InChI is InChI=1S/C46H51N3O8S2.C6H15N/c1-6-57-44(50)47-43-33(21-25-39-45(2,3)41-35-15-9-7-13-31(35)19-23-37(41)48(39)27-11-29-58(51,52)53)17-18-34(43)22-26-40-46(4,5)42-36-16-10-8-14-32(36)20-24-38(42)49(40)28-12-30-59(54,55)56;1-4-7(5-2)6-3/h7-10,13-16,19-26H,6,11-12,17-18,27-30H2,1-5H3,(H2,51,52,53,54,55,56);4-6H2,1-3H3/p+1/b33-21+,39-25+;. The Balaban J connectivity index is 0.000000952. The first-order valence-corrected chi connectivity index (χ1v) is 26.4. The molecule has 3 aliphatic rings. The smallest absolute Gasteiger partial charge is 0.411 e. The van der Waals surface area contributed by atoms with Crippen LogP contribution in [0, 0.1) is 0 Å². The molecule has 354 valence electrons. The zero-order chi connectivity index (χ0) is 48.0. The lowest BCUT2D eigenvalue weighted by Crippen LogP contribution is -3.11. The van der Waals surface area contributed by atoms with Crippen LogP contribution in [0.25, 0.3) is 21.5 Å². The Kier molecular flexibility index (Phi) is 15.9. The second-order valence-electron chi connectivity index (χ2n) is 18.2. The van der Waals surface area contributed by atoms with Crippen LogP contribution in [0.3, 0.4) is 0 Å². The summed E-state index contributed by atoms with van der Waals surface area (Å²) < 4.78 is 75.4. The molecule has 0 radical (unpaired) electrons. The van der Waals surface area contributed by atoms with Crippen LogP contribution in [0.15, 0.2) is 120 Å².